The van der Waals surface area contributed by atoms with Crippen LogP contribution >= 0.6 is 0 Å². The zero-order valence-electron chi connectivity index (χ0n) is 20.2. The number of nitrogens with zero attached hydrogens (tertiary/aromatic N) is 1. The van der Waals surface area contributed by atoms with E-state index in [0.717, 1.165) is 56.5 Å². The van der Waals surface area contributed by atoms with Crippen molar-refractivity contribution in [2.24, 2.45) is 0 Å². The lowest BCUT2D eigenvalue weighted by Gasteiger charge is -2.34. The number of carbonyl (C=O) groups is 1. The molecule has 0 bridgehead atoms. The predicted octanol–water partition coefficient (Wildman–Crippen LogP) is 5.17. The highest BCUT2D eigenvalue weighted by atomic mass is 16.5. The third kappa shape index (κ3) is 8.27. The summed E-state index contributed by atoms with van der Waals surface area (Å²) < 4.78 is 17.1. The normalized spacial score (nSPS) is 18.3. The molecule has 1 unspecified atom stereocenters. The van der Waals surface area contributed by atoms with Crippen molar-refractivity contribution in [1.29, 1.82) is 0 Å². The molecule has 5 heteroatoms. The van der Waals surface area contributed by atoms with Crippen LogP contribution in [0.15, 0.2) is 18.2 Å². The number of benzene rings is 1. The van der Waals surface area contributed by atoms with Gasteiger partial charge in [0.25, 0.3) is 0 Å². The number of ether oxygens (including phenoxy) is 3. The van der Waals surface area contributed by atoms with Gasteiger partial charge < -0.3 is 14.2 Å². The van der Waals surface area contributed by atoms with E-state index < -0.39 is 0 Å². The molecular formula is C25H43NO4. The Morgan fingerprint density at radius 2 is 2.00 bits per heavy atom. The number of carbonyl (C=O) groups excluding carboxylic acids is 1. The van der Waals surface area contributed by atoms with Crippen molar-refractivity contribution in [3.8, 4) is 5.75 Å². The molecule has 1 heterocycles. The first kappa shape index (κ1) is 26.4. The van der Waals surface area contributed by atoms with Gasteiger partial charge in [-0.1, -0.05) is 46.2 Å². The third-order valence-corrected chi connectivity index (χ3v) is 5.58. The zero-order valence-corrected chi connectivity index (χ0v) is 20.2. The lowest BCUT2D eigenvalue weighted by molar-refractivity contribution is -0.145. The van der Waals surface area contributed by atoms with Gasteiger partial charge >= 0.3 is 5.97 Å². The molecule has 3 atom stereocenters. The van der Waals surface area contributed by atoms with Gasteiger partial charge in [0, 0.05) is 26.1 Å². The van der Waals surface area contributed by atoms with Gasteiger partial charge in [0.05, 0.1) is 19.8 Å². The SMILES string of the molecule is CC.CCCC(OCCc1ccc(OC)c(C)c1)[C@@H](CC)N1CC[C@@H](OC(C)=O)C1. The van der Waals surface area contributed by atoms with Crippen molar-refractivity contribution in [3.63, 3.8) is 0 Å². The molecular weight excluding hydrogens is 378 g/mol. The van der Waals surface area contributed by atoms with Crippen molar-refractivity contribution in [2.75, 3.05) is 26.8 Å². The van der Waals surface area contributed by atoms with Gasteiger partial charge in [-0.15, -0.1) is 0 Å². The fraction of sp³-hybridized carbons (Fsp3) is 0.720. The first-order chi connectivity index (χ1) is 14.5. The summed E-state index contributed by atoms with van der Waals surface area (Å²) in [5, 5.41) is 0. The molecule has 0 spiro atoms. The largest absolute Gasteiger partial charge is 0.496 e. The van der Waals surface area contributed by atoms with Crippen molar-refractivity contribution < 1.29 is 19.0 Å². The van der Waals surface area contributed by atoms with Gasteiger partial charge in [0.15, 0.2) is 0 Å². The minimum atomic E-state index is -0.184. The highest BCUT2D eigenvalue weighted by Gasteiger charge is 2.33. The van der Waals surface area contributed by atoms with Crippen LogP contribution in [0.3, 0.4) is 0 Å². The van der Waals surface area contributed by atoms with Crippen LogP contribution in [0.25, 0.3) is 0 Å². The van der Waals surface area contributed by atoms with Gasteiger partial charge in [-0.25, -0.2) is 0 Å². The molecule has 2 rings (SSSR count). The lowest BCUT2D eigenvalue weighted by Crippen LogP contribution is -2.44. The maximum atomic E-state index is 11.2. The molecule has 1 fully saturated rings. The third-order valence-electron chi connectivity index (χ3n) is 5.58. The van der Waals surface area contributed by atoms with Crippen LogP contribution in [0.5, 0.6) is 5.75 Å². The topological polar surface area (TPSA) is 48.0 Å². The Morgan fingerprint density at radius 3 is 2.57 bits per heavy atom. The van der Waals surface area contributed by atoms with E-state index in [0.29, 0.717) is 12.6 Å². The molecule has 1 aliphatic heterocycles. The molecule has 0 aliphatic carbocycles. The van der Waals surface area contributed by atoms with E-state index in [4.69, 9.17) is 14.2 Å². The van der Waals surface area contributed by atoms with Crippen molar-refractivity contribution in [1.82, 2.24) is 4.90 Å². The average molecular weight is 422 g/mol. The Labute approximate surface area is 184 Å². The summed E-state index contributed by atoms with van der Waals surface area (Å²) in [5.41, 5.74) is 2.43. The summed E-state index contributed by atoms with van der Waals surface area (Å²) in [4.78, 5) is 13.7. The molecule has 172 valence electrons. The number of aryl methyl sites for hydroxylation is 1. The summed E-state index contributed by atoms with van der Waals surface area (Å²) >= 11 is 0. The average Bonchev–Trinajstić information content (AvgIpc) is 3.17. The number of esters is 1. The van der Waals surface area contributed by atoms with Crippen LogP contribution in [-0.4, -0.2) is 55.9 Å². The summed E-state index contributed by atoms with van der Waals surface area (Å²) in [6.07, 6.45) is 5.25. The standard InChI is InChI=1S/C23H37NO4.C2H6/c1-6-8-23(21(7-2)24-13-11-20(16-24)28-18(4)25)27-14-12-19-9-10-22(26-5)17(3)15-19;1-2/h9-10,15,20-21,23H,6-8,11-14,16H2,1-5H3;1-2H3/t20-,21-,23?;/m1./s1. The Bertz CT molecular complexity index is 619. The van der Waals surface area contributed by atoms with E-state index >= 15 is 0 Å². The smallest absolute Gasteiger partial charge is 0.302 e. The summed E-state index contributed by atoms with van der Waals surface area (Å²) in [7, 11) is 1.70. The van der Waals surface area contributed by atoms with E-state index in [1.807, 2.05) is 19.9 Å². The number of rotatable bonds is 11. The number of likely N-dealkylation sites (tertiary alicyclic amines) is 1. The Hall–Kier alpha value is -1.59. The molecule has 0 amide bonds. The van der Waals surface area contributed by atoms with E-state index in [2.05, 4.69) is 37.8 Å². The maximum Gasteiger partial charge on any atom is 0.302 e. The Kier molecular flexibility index (Phi) is 12.7. The number of hydrogen-bond donors (Lipinski definition) is 0. The minimum absolute atomic E-state index is 0.0242. The van der Waals surface area contributed by atoms with E-state index in [1.165, 1.54) is 12.5 Å². The second kappa shape index (κ2) is 14.4. The van der Waals surface area contributed by atoms with E-state index in [-0.39, 0.29) is 18.2 Å². The van der Waals surface area contributed by atoms with Gasteiger partial charge in [0.2, 0.25) is 0 Å². The summed E-state index contributed by atoms with van der Waals surface area (Å²) in [5.74, 6) is 0.743. The van der Waals surface area contributed by atoms with Crippen molar-refractivity contribution in [2.45, 2.75) is 91.9 Å². The molecule has 1 saturated heterocycles. The molecule has 0 N–H and O–H groups in total. The molecule has 0 aromatic heterocycles. The molecule has 1 aromatic carbocycles. The maximum absolute atomic E-state index is 11.2. The first-order valence-electron chi connectivity index (χ1n) is 11.6. The van der Waals surface area contributed by atoms with Gasteiger partial charge in [-0.05, 0) is 49.8 Å². The highest BCUT2D eigenvalue weighted by Crippen LogP contribution is 2.24. The second-order valence-corrected chi connectivity index (χ2v) is 7.74. The Balaban J connectivity index is 0.00000218. The molecule has 5 nitrogen and oxygen atoms in total. The Morgan fingerprint density at radius 1 is 1.27 bits per heavy atom. The number of hydrogen-bond acceptors (Lipinski definition) is 5. The van der Waals surface area contributed by atoms with Gasteiger partial charge in [0.1, 0.15) is 11.9 Å². The second-order valence-electron chi connectivity index (χ2n) is 7.74. The van der Waals surface area contributed by atoms with Crippen LogP contribution in [0.4, 0.5) is 0 Å². The summed E-state index contributed by atoms with van der Waals surface area (Å²) in [6.45, 7) is 14.5. The fourth-order valence-electron chi connectivity index (χ4n) is 4.24. The monoisotopic (exact) mass is 421 g/mol. The van der Waals surface area contributed by atoms with Crippen LogP contribution in [0, 0.1) is 6.92 Å². The zero-order chi connectivity index (χ0) is 22.5. The van der Waals surface area contributed by atoms with Gasteiger partial charge in [-0.2, -0.15) is 0 Å². The predicted molar refractivity (Wildman–Crippen MR) is 123 cm³/mol. The molecule has 30 heavy (non-hydrogen) atoms. The fourth-order valence-corrected chi connectivity index (χ4v) is 4.24. The van der Waals surface area contributed by atoms with E-state index in [9.17, 15) is 4.79 Å². The number of methoxy groups -OCH3 is 1. The molecule has 0 saturated carbocycles. The minimum Gasteiger partial charge on any atom is -0.496 e. The lowest BCUT2D eigenvalue weighted by atomic mass is 10.0. The molecule has 0 radical (unpaired) electrons. The first-order valence-corrected chi connectivity index (χ1v) is 11.6. The van der Waals surface area contributed by atoms with Gasteiger partial charge in [-0.3, -0.25) is 9.69 Å². The van der Waals surface area contributed by atoms with Crippen molar-refractivity contribution in [3.05, 3.63) is 29.3 Å². The summed E-state index contributed by atoms with van der Waals surface area (Å²) in [6, 6.07) is 6.70. The van der Waals surface area contributed by atoms with Crippen LogP contribution in [0.1, 0.15) is 71.4 Å². The van der Waals surface area contributed by atoms with Crippen LogP contribution in [-0.2, 0) is 20.7 Å². The quantitative estimate of drug-likeness (QED) is 0.461. The molecule has 1 aromatic rings. The van der Waals surface area contributed by atoms with Crippen molar-refractivity contribution >= 4 is 5.97 Å². The highest BCUT2D eigenvalue weighted by molar-refractivity contribution is 5.66. The van der Waals surface area contributed by atoms with Crippen LogP contribution in [0.2, 0.25) is 0 Å². The molecule has 1 aliphatic rings. The van der Waals surface area contributed by atoms with Crippen LogP contribution < -0.4 is 4.74 Å². The van der Waals surface area contributed by atoms with E-state index in [1.54, 1.807) is 7.11 Å².